The summed E-state index contributed by atoms with van der Waals surface area (Å²) in [6.07, 6.45) is 32.4. The van der Waals surface area contributed by atoms with Gasteiger partial charge < -0.3 is 0 Å². The van der Waals surface area contributed by atoms with E-state index in [4.69, 9.17) is 0 Å². The van der Waals surface area contributed by atoms with Crippen LogP contribution in [0, 0.1) is 0 Å². The maximum Gasteiger partial charge on any atom is 0.260 e. The zero-order chi connectivity index (χ0) is 24.8. The minimum Gasteiger partial charge on any atom is -0.234 e. The van der Waals surface area contributed by atoms with E-state index in [1.807, 2.05) is 0 Å². The van der Waals surface area contributed by atoms with E-state index in [0.717, 1.165) is 6.42 Å². The van der Waals surface area contributed by atoms with Gasteiger partial charge in [-0.3, -0.25) is 0 Å². The van der Waals surface area contributed by atoms with Crippen LogP contribution in [-0.4, -0.2) is 4.57 Å². The Labute approximate surface area is 218 Å². The van der Waals surface area contributed by atoms with E-state index < -0.39 is 0 Å². The Morgan fingerprint density at radius 1 is 0.571 bits per heavy atom. The molecule has 0 N–H and O–H groups in total. The fourth-order valence-electron chi connectivity index (χ4n) is 5.25. The first-order valence-corrected chi connectivity index (χ1v) is 15.5. The predicted octanol–water partition coefficient (Wildman–Crippen LogP) is 9.82. The number of rotatable bonds is 23. The summed E-state index contributed by atoms with van der Waals surface area (Å²) in [4.78, 5) is 0. The lowest BCUT2D eigenvalue weighted by Gasteiger charge is -2.07. The zero-order valence-corrected chi connectivity index (χ0v) is 23.5. The van der Waals surface area contributed by atoms with Crippen molar-refractivity contribution in [2.24, 2.45) is 0 Å². The molecule has 0 fully saturated rings. The number of benzene rings is 1. The largest absolute Gasteiger partial charge is 0.260 e. The number of imidazole rings is 1. The number of aryl methyl sites for hydroxylation is 2. The Morgan fingerprint density at radius 2 is 1.06 bits per heavy atom. The predicted molar refractivity (Wildman–Crippen MR) is 153 cm³/mol. The standard InChI is InChI=1S/C33H57N2/c1-3-5-7-9-11-12-13-14-15-17-19-24-28-35-30-29-34(27-23-18-16-10-8-6-4-2)33(35)31-32-25-21-20-22-26-32/h20-22,25-26,29-30H,3-19,23-24,27-28,31H2,1-2H3/q+1. The Bertz CT molecular complexity index is 718. The average Bonchev–Trinajstić information content (AvgIpc) is 3.25. The molecular formula is C33H57N2+. The van der Waals surface area contributed by atoms with Gasteiger partial charge in [0.2, 0.25) is 0 Å². The number of unbranched alkanes of at least 4 members (excludes halogenated alkanes) is 17. The number of aromatic nitrogens is 2. The van der Waals surface area contributed by atoms with Crippen LogP contribution >= 0.6 is 0 Å². The van der Waals surface area contributed by atoms with Crippen LogP contribution in [0.15, 0.2) is 42.7 Å². The molecule has 0 saturated carbocycles. The van der Waals surface area contributed by atoms with Gasteiger partial charge >= 0.3 is 0 Å². The van der Waals surface area contributed by atoms with E-state index in [9.17, 15) is 0 Å². The molecule has 1 aromatic carbocycles. The van der Waals surface area contributed by atoms with Gasteiger partial charge in [-0.05, 0) is 31.2 Å². The molecule has 1 heterocycles. The molecule has 198 valence electrons. The Balaban J connectivity index is 1.69. The first-order chi connectivity index (χ1) is 17.3. The summed E-state index contributed by atoms with van der Waals surface area (Å²) in [7, 11) is 0. The molecule has 0 aliphatic heterocycles. The number of nitrogens with zero attached hydrogens (tertiary/aromatic N) is 2. The minimum absolute atomic E-state index is 1.04. The van der Waals surface area contributed by atoms with Gasteiger partial charge in [0.1, 0.15) is 12.4 Å². The summed E-state index contributed by atoms with van der Waals surface area (Å²) in [5, 5.41) is 0. The molecule has 1 aromatic heterocycles. The van der Waals surface area contributed by atoms with Crippen LogP contribution in [-0.2, 0) is 19.5 Å². The third kappa shape index (κ3) is 13.9. The summed E-state index contributed by atoms with van der Waals surface area (Å²) in [5.74, 6) is 1.49. The number of hydrogen-bond acceptors (Lipinski definition) is 0. The summed E-state index contributed by atoms with van der Waals surface area (Å²) < 4.78 is 5.09. The molecule has 0 radical (unpaired) electrons. The maximum absolute atomic E-state index is 2.55. The van der Waals surface area contributed by atoms with Crippen LogP contribution < -0.4 is 4.57 Å². The van der Waals surface area contributed by atoms with Crippen molar-refractivity contribution in [1.29, 1.82) is 0 Å². The highest BCUT2D eigenvalue weighted by Gasteiger charge is 2.17. The maximum atomic E-state index is 2.55. The van der Waals surface area contributed by atoms with E-state index in [1.54, 1.807) is 0 Å². The SMILES string of the molecule is CCCCCCCCCCCCCCn1cc[n+](CCCCCCCCC)c1Cc1ccccc1. The lowest BCUT2D eigenvalue weighted by molar-refractivity contribution is -0.703. The van der Waals surface area contributed by atoms with Crippen molar-refractivity contribution in [2.45, 2.75) is 155 Å². The van der Waals surface area contributed by atoms with Crippen LogP contribution in [0.3, 0.4) is 0 Å². The minimum atomic E-state index is 1.04. The summed E-state index contributed by atoms with van der Waals surface area (Å²) in [6, 6.07) is 11.0. The third-order valence-electron chi connectivity index (χ3n) is 7.55. The van der Waals surface area contributed by atoms with Gasteiger partial charge in [0.05, 0.1) is 19.5 Å². The monoisotopic (exact) mass is 481 g/mol. The van der Waals surface area contributed by atoms with Crippen molar-refractivity contribution < 1.29 is 4.57 Å². The Hall–Kier alpha value is -1.57. The van der Waals surface area contributed by atoms with Crippen molar-refractivity contribution in [3.05, 3.63) is 54.1 Å². The molecule has 0 amide bonds. The molecule has 2 aromatic rings. The quantitative estimate of drug-likeness (QED) is 0.110. The highest BCUT2D eigenvalue weighted by molar-refractivity contribution is 5.18. The normalized spacial score (nSPS) is 11.4. The molecule has 0 aliphatic rings. The zero-order valence-electron chi connectivity index (χ0n) is 23.5. The van der Waals surface area contributed by atoms with Crippen LogP contribution in [0.2, 0.25) is 0 Å². The first kappa shape index (κ1) is 29.7. The molecule has 0 unspecified atom stereocenters. The lowest BCUT2D eigenvalue weighted by atomic mass is 10.1. The van der Waals surface area contributed by atoms with Crippen molar-refractivity contribution in [3.8, 4) is 0 Å². The topological polar surface area (TPSA) is 8.81 Å². The average molecular weight is 482 g/mol. The van der Waals surface area contributed by atoms with Crippen LogP contribution in [0.1, 0.15) is 147 Å². The fraction of sp³-hybridized carbons (Fsp3) is 0.727. The number of hydrogen-bond donors (Lipinski definition) is 0. The van der Waals surface area contributed by atoms with Crippen LogP contribution in [0.5, 0.6) is 0 Å². The molecule has 2 heteroatoms. The van der Waals surface area contributed by atoms with Gasteiger partial charge in [0, 0.05) is 0 Å². The van der Waals surface area contributed by atoms with E-state index >= 15 is 0 Å². The van der Waals surface area contributed by atoms with Gasteiger partial charge in [0.15, 0.2) is 0 Å². The second kappa shape index (κ2) is 20.6. The van der Waals surface area contributed by atoms with Gasteiger partial charge in [-0.15, -0.1) is 0 Å². The molecule has 2 rings (SSSR count). The van der Waals surface area contributed by atoms with Crippen molar-refractivity contribution >= 4 is 0 Å². The Kier molecular flexibility index (Phi) is 17.5. The van der Waals surface area contributed by atoms with E-state index in [0.29, 0.717) is 0 Å². The molecule has 0 atom stereocenters. The molecule has 35 heavy (non-hydrogen) atoms. The van der Waals surface area contributed by atoms with Crippen LogP contribution in [0.4, 0.5) is 0 Å². The molecule has 2 nitrogen and oxygen atoms in total. The second-order valence-electron chi connectivity index (χ2n) is 10.8. The third-order valence-corrected chi connectivity index (χ3v) is 7.55. The van der Waals surface area contributed by atoms with Gasteiger partial charge in [0.25, 0.3) is 5.82 Å². The van der Waals surface area contributed by atoms with E-state index in [1.165, 1.54) is 146 Å². The second-order valence-corrected chi connectivity index (χ2v) is 10.8. The molecule has 0 aliphatic carbocycles. The summed E-state index contributed by atoms with van der Waals surface area (Å²) >= 11 is 0. The molecular weight excluding hydrogens is 424 g/mol. The fourth-order valence-corrected chi connectivity index (χ4v) is 5.25. The molecule has 0 spiro atoms. The van der Waals surface area contributed by atoms with Crippen molar-refractivity contribution in [1.82, 2.24) is 4.57 Å². The van der Waals surface area contributed by atoms with Crippen molar-refractivity contribution in [3.63, 3.8) is 0 Å². The highest BCUT2D eigenvalue weighted by Crippen LogP contribution is 2.14. The van der Waals surface area contributed by atoms with Crippen molar-refractivity contribution in [2.75, 3.05) is 0 Å². The lowest BCUT2D eigenvalue weighted by Crippen LogP contribution is -2.37. The highest BCUT2D eigenvalue weighted by atomic mass is 15.1. The molecule has 0 bridgehead atoms. The van der Waals surface area contributed by atoms with Gasteiger partial charge in [-0.2, -0.15) is 0 Å². The Morgan fingerprint density at radius 3 is 1.60 bits per heavy atom. The summed E-state index contributed by atoms with van der Waals surface area (Å²) in [6.45, 7) is 6.94. The van der Waals surface area contributed by atoms with Gasteiger partial charge in [-0.25, -0.2) is 9.13 Å². The van der Waals surface area contributed by atoms with Crippen LogP contribution in [0.25, 0.3) is 0 Å². The molecule has 0 saturated heterocycles. The smallest absolute Gasteiger partial charge is 0.234 e. The van der Waals surface area contributed by atoms with E-state index in [-0.39, 0.29) is 0 Å². The van der Waals surface area contributed by atoms with E-state index in [2.05, 4.69) is 65.7 Å². The van der Waals surface area contributed by atoms with Gasteiger partial charge in [-0.1, -0.05) is 140 Å². The summed E-state index contributed by atoms with van der Waals surface area (Å²) in [5.41, 5.74) is 1.43. The first-order valence-electron chi connectivity index (χ1n) is 15.5.